The maximum Gasteiger partial charge on any atom is 0.416 e. The summed E-state index contributed by atoms with van der Waals surface area (Å²) in [5, 5.41) is 14.4. The molecule has 3 aromatic rings. The molecule has 2 aliphatic rings. The van der Waals surface area contributed by atoms with Gasteiger partial charge in [0.1, 0.15) is 11.6 Å². The monoisotopic (exact) mass is 416 g/mol. The normalized spacial score (nSPS) is 19.8. The maximum absolute atomic E-state index is 13.1. The summed E-state index contributed by atoms with van der Waals surface area (Å²) >= 11 is 0. The van der Waals surface area contributed by atoms with Gasteiger partial charge >= 0.3 is 6.18 Å². The average molecular weight is 416 g/mol. The first-order valence-corrected chi connectivity index (χ1v) is 10.3. The SMILES string of the molecule is FC(F)(F)c1cccc(Nc2cc(N[C@H]3CCCNC3)nc3c(C4CC4)cnn23)c1. The minimum absolute atomic E-state index is 0.266. The third kappa shape index (κ3) is 3.94. The fraction of sp³-hybridized carbons (Fsp3) is 0.429. The summed E-state index contributed by atoms with van der Waals surface area (Å²) in [6.07, 6.45) is 1.80. The predicted molar refractivity (Wildman–Crippen MR) is 109 cm³/mol. The number of fused-ring (bicyclic) bond motifs is 1. The minimum Gasteiger partial charge on any atom is -0.366 e. The van der Waals surface area contributed by atoms with Crippen LogP contribution in [0.15, 0.2) is 36.5 Å². The van der Waals surface area contributed by atoms with E-state index >= 15 is 0 Å². The predicted octanol–water partition coefficient (Wildman–Crippen LogP) is 4.53. The van der Waals surface area contributed by atoms with Gasteiger partial charge in [0.25, 0.3) is 0 Å². The van der Waals surface area contributed by atoms with Gasteiger partial charge in [-0.2, -0.15) is 22.8 Å². The molecule has 0 radical (unpaired) electrons. The van der Waals surface area contributed by atoms with Crippen molar-refractivity contribution in [3.05, 3.63) is 47.7 Å². The zero-order valence-electron chi connectivity index (χ0n) is 16.3. The van der Waals surface area contributed by atoms with Crippen LogP contribution < -0.4 is 16.0 Å². The fourth-order valence-corrected chi connectivity index (χ4v) is 3.93. The molecule has 2 aromatic heterocycles. The molecule has 1 saturated carbocycles. The van der Waals surface area contributed by atoms with Gasteiger partial charge in [-0.15, -0.1) is 0 Å². The van der Waals surface area contributed by atoms with Crippen molar-refractivity contribution in [1.29, 1.82) is 0 Å². The molecule has 9 heteroatoms. The number of benzene rings is 1. The molecule has 1 aromatic carbocycles. The number of aromatic nitrogens is 3. The first kappa shape index (κ1) is 19.2. The van der Waals surface area contributed by atoms with Crippen molar-refractivity contribution >= 4 is 23.0 Å². The molecular weight excluding hydrogens is 393 g/mol. The summed E-state index contributed by atoms with van der Waals surface area (Å²) in [7, 11) is 0. The lowest BCUT2D eigenvalue weighted by Crippen LogP contribution is -2.38. The summed E-state index contributed by atoms with van der Waals surface area (Å²) in [6.45, 7) is 1.87. The molecule has 1 aliphatic carbocycles. The molecule has 0 unspecified atom stereocenters. The lowest BCUT2D eigenvalue weighted by atomic mass is 10.1. The molecule has 1 aliphatic heterocycles. The lowest BCUT2D eigenvalue weighted by Gasteiger charge is -2.24. The van der Waals surface area contributed by atoms with Crippen LogP contribution in [0.25, 0.3) is 5.65 Å². The Morgan fingerprint density at radius 1 is 1.13 bits per heavy atom. The average Bonchev–Trinajstić information content (AvgIpc) is 3.48. The van der Waals surface area contributed by atoms with Crippen LogP contribution >= 0.6 is 0 Å². The maximum atomic E-state index is 13.1. The van der Waals surface area contributed by atoms with E-state index in [-0.39, 0.29) is 6.04 Å². The Morgan fingerprint density at radius 2 is 2.00 bits per heavy atom. The summed E-state index contributed by atoms with van der Waals surface area (Å²) in [5.74, 6) is 1.74. The van der Waals surface area contributed by atoms with Crippen molar-refractivity contribution in [2.75, 3.05) is 23.7 Å². The van der Waals surface area contributed by atoms with Crippen LogP contribution in [0.4, 0.5) is 30.5 Å². The van der Waals surface area contributed by atoms with E-state index in [9.17, 15) is 13.2 Å². The van der Waals surface area contributed by atoms with Crippen LogP contribution in [0.3, 0.4) is 0 Å². The van der Waals surface area contributed by atoms with Crippen LogP contribution in [0.1, 0.15) is 42.7 Å². The molecule has 2 fully saturated rings. The molecule has 158 valence electrons. The van der Waals surface area contributed by atoms with Gasteiger partial charge in [-0.05, 0) is 56.3 Å². The first-order valence-electron chi connectivity index (χ1n) is 10.3. The number of alkyl halides is 3. The number of hydrogen-bond donors (Lipinski definition) is 3. The molecule has 3 heterocycles. The van der Waals surface area contributed by atoms with Crippen molar-refractivity contribution < 1.29 is 13.2 Å². The fourth-order valence-electron chi connectivity index (χ4n) is 3.93. The molecule has 30 heavy (non-hydrogen) atoms. The highest BCUT2D eigenvalue weighted by atomic mass is 19.4. The number of hydrogen-bond acceptors (Lipinski definition) is 5. The van der Waals surface area contributed by atoms with Gasteiger partial charge in [0.2, 0.25) is 0 Å². The van der Waals surface area contributed by atoms with E-state index in [2.05, 4.69) is 21.0 Å². The van der Waals surface area contributed by atoms with Gasteiger partial charge in [0, 0.05) is 29.9 Å². The molecule has 0 bridgehead atoms. The summed E-state index contributed by atoms with van der Waals surface area (Å²) in [5.41, 5.74) is 1.50. The smallest absolute Gasteiger partial charge is 0.366 e. The quantitative estimate of drug-likeness (QED) is 0.570. The van der Waals surface area contributed by atoms with Crippen LogP contribution in [-0.2, 0) is 6.18 Å². The molecule has 5 rings (SSSR count). The number of nitrogens with one attached hydrogen (secondary N) is 3. The third-order valence-corrected chi connectivity index (χ3v) is 5.63. The lowest BCUT2D eigenvalue weighted by molar-refractivity contribution is -0.137. The van der Waals surface area contributed by atoms with Gasteiger partial charge < -0.3 is 16.0 Å². The van der Waals surface area contributed by atoms with Crippen LogP contribution in [0.2, 0.25) is 0 Å². The Balaban J connectivity index is 1.51. The Morgan fingerprint density at radius 3 is 2.73 bits per heavy atom. The number of halogens is 3. The largest absolute Gasteiger partial charge is 0.416 e. The molecular formula is C21H23F3N6. The second-order valence-corrected chi connectivity index (χ2v) is 8.03. The number of anilines is 3. The second-order valence-electron chi connectivity index (χ2n) is 8.03. The van der Waals surface area contributed by atoms with Crippen LogP contribution in [0.5, 0.6) is 0 Å². The van der Waals surface area contributed by atoms with Gasteiger partial charge in [-0.25, -0.2) is 4.98 Å². The summed E-state index contributed by atoms with van der Waals surface area (Å²) in [6, 6.07) is 7.26. The van der Waals surface area contributed by atoms with Gasteiger partial charge in [-0.3, -0.25) is 0 Å². The number of rotatable bonds is 5. The zero-order chi connectivity index (χ0) is 20.7. The Labute approximate surface area is 171 Å². The van der Waals surface area contributed by atoms with Gasteiger partial charge in [0.15, 0.2) is 5.65 Å². The van der Waals surface area contributed by atoms with Crippen molar-refractivity contribution in [3.8, 4) is 0 Å². The highest BCUT2D eigenvalue weighted by Crippen LogP contribution is 2.42. The highest BCUT2D eigenvalue weighted by molar-refractivity contribution is 5.66. The molecule has 3 N–H and O–H groups in total. The van der Waals surface area contributed by atoms with Gasteiger partial charge in [0.05, 0.1) is 11.8 Å². The van der Waals surface area contributed by atoms with E-state index in [1.165, 1.54) is 6.07 Å². The third-order valence-electron chi connectivity index (χ3n) is 5.63. The molecule has 1 atom stereocenters. The van der Waals surface area contributed by atoms with Crippen LogP contribution in [-0.4, -0.2) is 33.7 Å². The van der Waals surface area contributed by atoms with E-state index in [0.29, 0.717) is 23.2 Å². The second kappa shape index (κ2) is 7.46. The van der Waals surface area contributed by atoms with Crippen LogP contribution in [0, 0.1) is 0 Å². The van der Waals surface area contributed by atoms with Gasteiger partial charge in [-0.1, -0.05) is 6.07 Å². The van der Waals surface area contributed by atoms with Crippen molar-refractivity contribution in [2.24, 2.45) is 0 Å². The minimum atomic E-state index is -4.39. The Hall–Kier alpha value is -2.81. The molecule has 0 spiro atoms. The van der Waals surface area contributed by atoms with E-state index in [0.717, 1.165) is 62.1 Å². The molecule has 1 saturated heterocycles. The van der Waals surface area contributed by atoms with E-state index in [1.54, 1.807) is 10.6 Å². The molecule has 0 amide bonds. The van der Waals surface area contributed by atoms with Crippen molar-refractivity contribution in [1.82, 2.24) is 19.9 Å². The number of nitrogens with zero attached hydrogens (tertiary/aromatic N) is 3. The molecule has 6 nitrogen and oxygen atoms in total. The van der Waals surface area contributed by atoms with Crippen molar-refractivity contribution in [2.45, 2.75) is 43.8 Å². The standard InChI is InChI=1S/C21H23F3N6/c22-21(23,24)14-3-1-4-15(9-14)28-19-10-18(27-16-5-2-8-25-11-16)29-20-17(13-6-7-13)12-26-30(19)20/h1,3-4,9-10,12-13,16,25,28H,2,5-8,11H2,(H,27,29)/t16-/m0/s1. The van der Waals surface area contributed by atoms with E-state index in [1.807, 2.05) is 12.3 Å². The van der Waals surface area contributed by atoms with E-state index < -0.39 is 11.7 Å². The Bertz CT molecular complexity index is 1050. The zero-order valence-corrected chi connectivity index (χ0v) is 16.3. The Kier molecular flexibility index (Phi) is 4.77. The topological polar surface area (TPSA) is 66.3 Å². The first-order chi connectivity index (χ1) is 14.5. The highest BCUT2D eigenvalue weighted by Gasteiger charge is 2.31. The summed E-state index contributed by atoms with van der Waals surface area (Å²) in [4.78, 5) is 4.79. The van der Waals surface area contributed by atoms with E-state index in [4.69, 9.17) is 4.98 Å². The number of piperidine rings is 1. The summed E-state index contributed by atoms with van der Waals surface area (Å²) < 4.78 is 41.0. The van der Waals surface area contributed by atoms with Crippen molar-refractivity contribution in [3.63, 3.8) is 0 Å².